The fourth-order valence-corrected chi connectivity index (χ4v) is 4.08. The van der Waals surface area contributed by atoms with Crippen LogP contribution in [0.25, 0.3) is 11.0 Å². The Morgan fingerprint density at radius 2 is 1.88 bits per heavy atom. The van der Waals surface area contributed by atoms with Gasteiger partial charge < -0.3 is 14.6 Å². The van der Waals surface area contributed by atoms with Crippen LogP contribution in [0.2, 0.25) is 0 Å². The molecule has 0 aliphatic carbocycles. The minimum atomic E-state index is -0.717. The number of aliphatic hydroxyl groups is 1. The van der Waals surface area contributed by atoms with Crippen LogP contribution in [-0.4, -0.2) is 57.2 Å². The van der Waals surface area contributed by atoms with Crippen LogP contribution < -0.4 is 10.5 Å². The summed E-state index contributed by atoms with van der Waals surface area (Å²) in [6.07, 6.45) is -0.637. The lowest BCUT2D eigenvalue weighted by Gasteiger charge is -2.36. The molecule has 1 saturated heterocycles. The normalized spacial score (nSPS) is 15.5. The summed E-state index contributed by atoms with van der Waals surface area (Å²) in [5.41, 5.74) is 0.527. The van der Waals surface area contributed by atoms with Gasteiger partial charge in [0.05, 0.1) is 16.5 Å². The minimum absolute atomic E-state index is 0.122. The van der Waals surface area contributed by atoms with Crippen LogP contribution in [0, 0.1) is 21.4 Å². The second-order valence-electron chi connectivity index (χ2n) is 7.71. The smallest absolute Gasteiger partial charge is 0.359 e. The van der Waals surface area contributed by atoms with Crippen molar-refractivity contribution in [1.82, 2.24) is 14.5 Å². The number of pyridine rings is 2. The van der Waals surface area contributed by atoms with Crippen molar-refractivity contribution >= 4 is 22.4 Å². The number of nitrogens with zero attached hydrogens (tertiary/aromatic N) is 6. The first kappa shape index (κ1) is 21.4. The van der Waals surface area contributed by atoms with Gasteiger partial charge in [0, 0.05) is 39.8 Å². The maximum absolute atomic E-state index is 12.8. The zero-order valence-electron chi connectivity index (χ0n) is 17.5. The van der Waals surface area contributed by atoms with Crippen molar-refractivity contribution in [3.63, 3.8) is 0 Å². The number of nitro groups is 1. The van der Waals surface area contributed by atoms with Gasteiger partial charge in [-0.2, -0.15) is 5.26 Å². The Hall–Kier alpha value is -3.81. The standard InChI is InChI=1S/C22H22N6O4/c1-25-17-8-7-16(13-23)24-19(17)20(21(22(25)30)28(31)32)27-11-9-26(10-12-27)14-18(29)15-5-3-2-4-6-15/h2-8,18,29H,9-12,14H2,1H3. The number of anilines is 1. The topological polar surface area (TPSA) is 129 Å². The zero-order valence-corrected chi connectivity index (χ0v) is 17.5. The van der Waals surface area contributed by atoms with Gasteiger partial charge in [-0.25, -0.2) is 4.98 Å². The Morgan fingerprint density at radius 3 is 2.50 bits per heavy atom. The average Bonchev–Trinajstić information content (AvgIpc) is 2.81. The van der Waals surface area contributed by atoms with Crippen LogP contribution in [0.1, 0.15) is 17.4 Å². The predicted molar refractivity (Wildman–Crippen MR) is 118 cm³/mol. The maximum atomic E-state index is 12.8. The largest absolute Gasteiger partial charge is 0.387 e. The molecular weight excluding hydrogens is 412 g/mol. The van der Waals surface area contributed by atoms with Gasteiger partial charge in [-0.15, -0.1) is 0 Å². The number of aliphatic hydroxyl groups excluding tert-OH is 1. The molecule has 32 heavy (non-hydrogen) atoms. The Labute approximate surface area is 183 Å². The van der Waals surface area contributed by atoms with Crippen molar-refractivity contribution in [3.8, 4) is 6.07 Å². The molecule has 2 aromatic heterocycles. The van der Waals surface area contributed by atoms with Crippen LogP contribution in [0.5, 0.6) is 0 Å². The molecule has 1 unspecified atom stereocenters. The summed E-state index contributed by atoms with van der Waals surface area (Å²) in [6, 6.07) is 14.4. The van der Waals surface area contributed by atoms with E-state index in [1.807, 2.05) is 36.4 Å². The van der Waals surface area contributed by atoms with E-state index in [2.05, 4.69) is 9.88 Å². The molecule has 3 heterocycles. The molecule has 0 bridgehead atoms. The van der Waals surface area contributed by atoms with E-state index in [4.69, 9.17) is 0 Å². The summed E-state index contributed by atoms with van der Waals surface area (Å²) in [5, 5.41) is 31.6. The fourth-order valence-electron chi connectivity index (χ4n) is 4.08. The molecule has 10 nitrogen and oxygen atoms in total. The van der Waals surface area contributed by atoms with Crippen molar-refractivity contribution in [2.24, 2.45) is 7.05 Å². The highest BCUT2D eigenvalue weighted by molar-refractivity contribution is 5.94. The molecule has 0 saturated carbocycles. The first-order chi connectivity index (χ1) is 15.4. The summed E-state index contributed by atoms with van der Waals surface area (Å²) < 4.78 is 1.19. The average molecular weight is 434 g/mol. The quantitative estimate of drug-likeness (QED) is 0.473. The number of benzene rings is 1. The molecular formula is C22H22N6O4. The van der Waals surface area contributed by atoms with Crippen molar-refractivity contribution in [3.05, 3.63) is 74.2 Å². The number of piperazine rings is 1. The third-order valence-electron chi connectivity index (χ3n) is 5.79. The van der Waals surface area contributed by atoms with Crippen molar-refractivity contribution < 1.29 is 10.0 Å². The minimum Gasteiger partial charge on any atom is -0.387 e. The van der Waals surface area contributed by atoms with Crippen LogP contribution in [-0.2, 0) is 7.05 Å². The second kappa shape index (κ2) is 8.74. The van der Waals surface area contributed by atoms with Gasteiger partial charge in [0.25, 0.3) is 0 Å². The van der Waals surface area contributed by atoms with Crippen LogP contribution >= 0.6 is 0 Å². The van der Waals surface area contributed by atoms with Gasteiger partial charge in [-0.05, 0) is 17.7 Å². The van der Waals surface area contributed by atoms with Crippen molar-refractivity contribution in [1.29, 1.82) is 5.26 Å². The highest BCUT2D eigenvalue weighted by Gasteiger charge is 2.32. The summed E-state index contributed by atoms with van der Waals surface area (Å²) in [4.78, 5) is 32.1. The summed E-state index contributed by atoms with van der Waals surface area (Å²) in [6.45, 7) is 2.38. The van der Waals surface area contributed by atoms with Crippen LogP contribution in [0.15, 0.2) is 47.3 Å². The predicted octanol–water partition coefficient (Wildman–Crippen LogP) is 1.57. The molecule has 0 spiro atoms. The van der Waals surface area contributed by atoms with E-state index in [9.17, 15) is 25.3 Å². The first-order valence-corrected chi connectivity index (χ1v) is 10.2. The van der Waals surface area contributed by atoms with E-state index < -0.39 is 22.3 Å². The number of hydrogen-bond donors (Lipinski definition) is 1. The van der Waals surface area contributed by atoms with Gasteiger partial charge in [-0.1, -0.05) is 30.3 Å². The molecule has 0 radical (unpaired) electrons. The summed E-state index contributed by atoms with van der Waals surface area (Å²) in [7, 11) is 1.46. The third kappa shape index (κ3) is 3.91. The summed E-state index contributed by atoms with van der Waals surface area (Å²) in [5.74, 6) is 0. The number of β-amino-alcohol motifs (C(OH)–C–C–N with tert-alkyl or cyclic N) is 1. The van der Waals surface area contributed by atoms with E-state index in [1.165, 1.54) is 17.7 Å². The van der Waals surface area contributed by atoms with Gasteiger partial charge in [0.1, 0.15) is 17.3 Å². The highest BCUT2D eigenvalue weighted by Crippen LogP contribution is 2.33. The number of aryl methyl sites for hydroxylation is 1. The van der Waals surface area contributed by atoms with E-state index >= 15 is 0 Å². The molecule has 10 heteroatoms. The maximum Gasteiger partial charge on any atom is 0.359 e. The van der Waals surface area contributed by atoms with E-state index in [0.29, 0.717) is 38.2 Å². The number of aromatic nitrogens is 2. The Morgan fingerprint density at radius 1 is 1.19 bits per heavy atom. The lowest BCUT2D eigenvalue weighted by molar-refractivity contribution is -0.385. The second-order valence-corrected chi connectivity index (χ2v) is 7.71. The molecule has 1 aromatic carbocycles. The van der Waals surface area contributed by atoms with Crippen molar-refractivity contribution in [2.45, 2.75) is 6.10 Å². The first-order valence-electron chi connectivity index (χ1n) is 10.2. The summed E-state index contributed by atoms with van der Waals surface area (Å²) >= 11 is 0. The number of nitriles is 1. The molecule has 3 aromatic rings. The van der Waals surface area contributed by atoms with Crippen molar-refractivity contribution in [2.75, 3.05) is 37.6 Å². The van der Waals surface area contributed by atoms with Gasteiger partial charge in [0.2, 0.25) is 0 Å². The number of rotatable bonds is 5. The number of hydrogen-bond acceptors (Lipinski definition) is 8. The van der Waals surface area contributed by atoms with Crippen LogP contribution in [0.4, 0.5) is 11.4 Å². The van der Waals surface area contributed by atoms with Gasteiger partial charge in [0.15, 0.2) is 5.69 Å². The number of fused-ring (bicyclic) bond motifs is 1. The van der Waals surface area contributed by atoms with Gasteiger partial charge >= 0.3 is 11.2 Å². The Balaban J connectivity index is 1.65. The van der Waals surface area contributed by atoms with E-state index in [1.54, 1.807) is 11.0 Å². The molecule has 164 valence electrons. The van der Waals surface area contributed by atoms with Gasteiger partial charge in [-0.3, -0.25) is 19.8 Å². The zero-order chi connectivity index (χ0) is 22.8. The molecule has 1 aliphatic heterocycles. The Bertz CT molecular complexity index is 1260. The SMILES string of the molecule is Cn1c(=O)c([N+](=O)[O-])c(N2CCN(CC(O)c3ccccc3)CC2)c2nc(C#N)ccc21. The molecule has 4 rings (SSSR count). The lowest BCUT2D eigenvalue weighted by atomic mass is 10.1. The highest BCUT2D eigenvalue weighted by atomic mass is 16.6. The molecule has 0 amide bonds. The van der Waals surface area contributed by atoms with E-state index in [-0.39, 0.29) is 16.9 Å². The fraction of sp³-hybridized carbons (Fsp3) is 0.318. The monoisotopic (exact) mass is 434 g/mol. The molecule has 1 aliphatic rings. The third-order valence-corrected chi connectivity index (χ3v) is 5.79. The lowest BCUT2D eigenvalue weighted by Crippen LogP contribution is -2.48. The van der Waals surface area contributed by atoms with Crippen LogP contribution in [0.3, 0.4) is 0 Å². The Kier molecular flexibility index (Phi) is 5.85. The molecule has 1 N–H and O–H groups in total. The molecule has 1 atom stereocenters. The molecule has 1 fully saturated rings. The van der Waals surface area contributed by atoms with E-state index in [0.717, 1.165) is 5.56 Å².